The van der Waals surface area contributed by atoms with Gasteiger partial charge in [-0.15, -0.1) is 11.3 Å². The van der Waals surface area contributed by atoms with E-state index in [9.17, 15) is 0 Å². The maximum Gasteiger partial charge on any atom is 0.0669 e. The fraction of sp³-hybridized carbons (Fsp3) is 0.133. The molecule has 2 aromatic carbocycles. The standard InChI is InChI=1S/C15H11NS/c1-10-5-6-12-14(9-10)17-13-4-2-3-11(7-8-16)15(12)13/h2-6,9H,7H2,1H3. The lowest BCUT2D eigenvalue weighted by Gasteiger charge is -1.99. The Kier molecular flexibility index (Phi) is 2.35. The van der Waals surface area contributed by atoms with E-state index in [1.165, 1.54) is 25.7 Å². The first-order valence-corrected chi connectivity index (χ1v) is 6.39. The normalized spacial score (nSPS) is 10.8. The summed E-state index contributed by atoms with van der Waals surface area (Å²) >= 11 is 1.81. The molecule has 3 aromatic rings. The lowest BCUT2D eigenvalue weighted by atomic mass is 10.0. The van der Waals surface area contributed by atoms with Crippen molar-refractivity contribution in [3.63, 3.8) is 0 Å². The van der Waals surface area contributed by atoms with Gasteiger partial charge in [-0.3, -0.25) is 0 Å². The van der Waals surface area contributed by atoms with Crippen LogP contribution in [0.1, 0.15) is 11.1 Å². The number of nitrogens with zero attached hydrogens (tertiary/aromatic N) is 1. The van der Waals surface area contributed by atoms with Gasteiger partial charge >= 0.3 is 0 Å². The zero-order valence-corrected chi connectivity index (χ0v) is 10.3. The Morgan fingerprint density at radius 1 is 1.18 bits per heavy atom. The fourth-order valence-corrected chi connectivity index (χ4v) is 3.49. The Bertz CT molecular complexity index is 747. The zero-order valence-electron chi connectivity index (χ0n) is 9.53. The van der Waals surface area contributed by atoms with E-state index in [-0.39, 0.29) is 0 Å². The maximum absolute atomic E-state index is 8.89. The molecule has 1 heterocycles. The number of thiophene rings is 1. The molecule has 1 nitrogen and oxygen atoms in total. The van der Waals surface area contributed by atoms with Crippen LogP contribution >= 0.6 is 11.3 Å². The van der Waals surface area contributed by atoms with Gasteiger partial charge in [0.1, 0.15) is 0 Å². The van der Waals surface area contributed by atoms with Crippen LogP contribution in [0.2, 0.25) is 0 Å². The Morgan fingerprint density at radius 2 is 2.06 bits per heavy atom. The highest BCUT2D eigenvalue weighted by molar-refractivity contribution is 7.25. The molecule has 1 aromatic heterocycles. The molecule has 0 saturated carbocycles. The first kappa shape index (κ1) is 10.3. The molecule has 2 heteroatoms. The van der Waals surface area contributed by atoms with Gasteiger partial charge in [-0.05, 0) is 30.2 Å². The van der Waals surface area contributed by atoms with Crippen molar-refractivity contribution in [3.05, 3.63) is 47.5 Å². The van der Waals surface area contributed by atoms with Gasteiger partial charge < -0.3 is 0 Å². The van der Waals surface area contributed by atoms with Crippen LogP contribution in [0, 0.1) is 18.3 Å². The fourth-order valence-electron chi connectivity index (χ4n) is 2.24. The molecule has 0 amide bonds. The molecule has 0 radical (unpaired) electrons. The van der Waals surface area contributed by atoms with Crippen molar-refractivity contribution >= 4 is 31.5 Å². The minimum atomic E-state index is 0.483. The number of hydrogen-bond acceptors (Lipinski definition) is 2. The summed E-state index contributed by atoms with van der Waals surface area (Å²) in [7, 11) is 0. The molecule has 3 rings (SSSR count). The third-order valence-electron chi connectivity index (χ3n) is 3.01. The topological polar surface area (TPSA) is 23.8 Å². The van der Waals surface area contributed by atoms with Gasteiger partial charge in [0.25, 0.3) is 0 Å². The van der Waals surface area contributed by atoms with Crippen LogP contribution in [0.5, 0.6) is 0 Å². The van der Waals surface area contributed by atoms with Crippen molar-refractivity contribution in [3.8, 4) is 6.07 Å². The summed E-state index contributed by atoms with van der Waals surface area (Å²) in [6.07, 6.45) is 0.483. The van der Waals surface area contributed by atoms with E-state index in [1.54, 1.807) is 11.3 Å². The highest BCUT2D eigenvalue weighted by atomic mass is 32.1. The van der Waals surface area contributed by atoms with Crippen LogP contribution in [0.4, 0.5) is 0 Å². The monoisotopic (exact) mass is 237 g/mol. The molecule has 0 spiro atoms. The van der Waals surface area contributed by atoms with E-state index in [0.29, 0.717) is 6.42 Å². The van der Waals surface area contributed by atoms with Gasteiger partial charge in [-0.2, -0.15) is 5.26 Å². The zero-order chi connectivity index (χ0) is 11.8. The number of hydrogen-bond donors (Lipinski definition) is 0. The molecule has 0 fully saturated rings. The molecule has 0 saturated heterocycles. The third kappa shape index (κ3) is 1.60. The van der Waals surface area contributed by atoms with E-state index in [1.807, 2.05) is 6.07 Å². The van der Waals surface area contributed by atoms with Crippen molar-refractivity contribution in [2.75, 3.05) is 0 Å². The Labute approximate surface area is 104 Å². The van der Waals surface area contributed by atoms with Crippen molar-refractivity contribution in [1.29, 1.82) is 5.26 Å². The SMILES string of the molecule is Cc1ccc2c(c1)sc1cccc(CC#N)c12. The van der Waals surface area contributed by atoms with Gasteiger partial charge in [0.2, 0.25) is 0 Å². The van der Waals surface area contributed by atoms with Gasteiger partial charge in [-0.1, -0.05) is 24.3 Å². The molecule has 82 valence electrons. The molecule has 0 bridgehead atoms. The summed E-state index contributed by atoms with van der Waals surface area (Å²) in [5, 5.41) is 11.4. The average Bonchev–Trinajstić information content (AvgIpc) is 2.67. The minimum Gasteiger partial charge on any atom is -0.198 e. The van der Waals surface area contributed by atoms with Crippen molar-refractivity contribution in [2.45, 2.75) is 13.3 Å². The molecule has 0 atom stereocenters. The first-order valence-electron chi connectivity index (χ1n) is 5.57. The Morgan fingerprint density at radius 3 is 2.88 bits per heavy atom. The number of rotatable bonds is 1. The molecule has 0 N–H and O–H groups in total. The average molecular weight is 237 g/mol. The molecule has 0 unspecified atom stereocenters. The van der Waals surface area contributed by atoms with Gasteiger partial charge in [0.15, 0.2) is 0 Å². The highest BCUT2D eigenvalue weighted by Gasteiger charge is 2.08. The quantitative estimate of drug-likeness (QED) is 0.614. The minimum absolute atomic E-state index is 0.483. The Balaban J connectivity index is 2.46. The van der Waals surface area contributed by atoms with Crippen LogP contribution in [0.25, 0.3) is 20.2 Å². The number of nitriles is 1. The Hall–Kier alpha value is -1.85. The molecule has 0 aliphatic heterocycles. The molecular formula is C15H11NS. The van der Waals surface area contributed by atoms with Crippen molar-refractivity contribution in [2.24, 2.45) is 0 Å². The summed E-state index contributed by atoms with van der Waals surface area (Å²) in [5.74, 6) is 0. The third-order valence-corrected chi connectivity index (χ3v) is 4.13. The summed E-state index contributed by atoms with van der Waals surface area (Å²) < 4.78 is 2.59. The van der Waals surface area contributed by atoms with E-state index in [4.69, 9.17) is 5.26 Å². The van der Waals surface area contributed by atoms with Crippen LogP contribution in [0.3, 0.4) is 0 Å². The number of benzene rings is 2. The smallest absolute Gasteiger partial charge is 0.0669 e. The first-order chi connectivity index (χ1) is 8.29. The van der Waals surface area contributed by atoms with Gasteiger partial charge in [0, 0.05) is 20.2 Å². The molecule has 17 heavy (non-hydrogen) atoms. The molecule has 0 aliphatic rings. The highest BCUT2D eigenvalue weighted by Crippen LogP contribution is 2.36. The second-order valence-corrected chi connectivity index (χ2v) is 5.31. The second-order valence-electron chi connectivity index (χ2n) is 4.23. The second kappa shape index (κ2) is 3.87. The lowest BCUT2D eigenvalue weighted by Crippen LogP contribution is -1.81. The number of aryl methyl sites for hydroxylation is 1. The predicted octanol–water partition coefficient (Wildman–Crippen LogP) is 4.43. The van der Waals surface area contributed by atoms with Gasteiger partial charge in [-0.25, -0.2) is 0 Å². The van der Waals surface area contributed by atoms with E-state index >= 15 is 0 Å². The van der Waals surface area contributed by atoms with Crippen LogP contribution in [-0.4, -0.2) is 0 Å². The largest absolute Gasteiger partial charge is 0.198 e. The lowest BCUT2D eigenvalue weighted by molar-refractivity contribution is 1.29. The van der Waals surface area contributed by atoms with E-state index in [2.05, 4.69) is 43.3 Å². The van der Waals surface area contributed by atoms with Crippen LogP contribution < -0.4 is 0 Å². The van der Waals surface area contributed by atoms with E-state index < -0.39 is 0 Å². The van der Waals surface area contributed by atoms with E-state index in [0.717, 1.165) is 5.56 Å². The summed E-state index contributed by atoms with van der Waals surface area (Å²) in [4.78, 5) is 0. The molecule has 0 aliphatic carbocycles. The van der Waals surface area contributed by atoms with Crippen molar-refractivity contribution < 1.29 is 0 Å². The summed E-state index contributed by atoms with van der Waals surface area (Å²) in [5.41, 5.74) is 2.42. The van der Waals surface area contributed by atoms with Crippen LogP contribution in [0.15, 0.2) is 36.4 Å². The number of fused-ring (bicyclic) bond motifs is 3. The van der Waals surface area contributed by atoms with Gasteiger partial charge in [0.05, 0.1) is 12.5 Å². The maximum atomic E-state index is 8.89. The predicted molar refractivity (Wildman–Crippen MR) is 73.4 cm³/mol. The summed E-state index contributed by atoms with van der Waals surface area (Å²) in [6, 6.07) is 15.0. The van der Waals surface area contributed by atoms with Crippen LogP contribution in [-0.2, 0) is 6.42 Å². The van der Waals surface area contributed by atoms with Crippen molar-refractivity contribution in [1.82, 2.24) is 0 Å². The molecular weight excluding hydrogens is 226 g/mol. The summed E-state index contributed by atoms with van der Waals surface area (Å²) in [6.45, 7) is 2.11.